The lowest BCUT2D eigenvalue weighted by molar-refractivity contribution is -0.153. The quantitative estimate of drug-likeness (QED) is 0.901. The minimum atomic E-state index is -1.25. The molecule has 5 heteroatoms. The molecule has 0 amide bonds. The molecule has 2 N–H and O–H groups in total. The number of carboxylic acids is 1. The van der Waals surface area contributed by atoms with E-state index < -0.39 is 17.5 Å². The van der Waals surface area contributed by atoms with Gasteiger partial charge in [-0.3, -0.25) is 4.79 Å². The van der Waals surface area contributed by atoms with Crippen LogP contribution in [-0.2, 0) is 4.79 Å². The van der Waals surface area contributed by atoms with E-state index in [1.165, 1.54) is 13.8 Å². The second-order valence-corrected chi connectivity index (χ2v) is 5.36. The van der Waals surface area contributed by atoms with Crippen molar-refractivity contribution >= 4 is 33.5 Å². The minimum Gasteiger partial charge on any atom is -0.481 e. The van der Waals surface area contributed by atoms with Crippen molar-refractivity contribution in [1.82, 2.24) is 0 Å². The van der Waals surface area contributed by atoms with Gasteiger partial charge >= 0.3 is 5.97 Å². The zero-order valence-corrected chi connectivity index (χ0v) is 11.2. The molecule has 1 aromatic carbocycles. The molecule has 0 heterocycles. The highest BCUT2D eigenvalue weighted by atomic mass is 79.9. The summed E-state index contributed by atoms with van der Waals surface area (Å²) in [5.74, 6) is -1.06. The molecule has 0 aliphatic rings. The van der Waals surface area contributed by atoms with Crippen LogP contribution in [-0.4, -0.2) is 16.2 Å². The van der Waals surface area contributed by atoms with E-state index >= 15 is 0 Å². The molecule has 0 aliphatic heterocycles. The first-order valence-corrected chi connectivity index (χ1v) is 5.80. The van der Waals surface area contributed by atoms with Crippen LogP contribution in [0.3, 0.4) is 0 Å². The van der Waals surface area contributed by atoms with E-state index in [1.54, 1.807) is 18.2 Å². The molecule has 0 saturated heterocycles. The maximum Gasteiger partial charge on any atom is 0.312 e. The summed E-state index contributed by atoms with van der Waals surface area (Å²) in [6.07, 6.45) is -1.10. The molecule has 0 aliphatic carbocycles. The van der Waals surface area contributed by atoms with Gasteiger partial charge in [0.25, 0.3) is 0 Å². The van der Waals surface area contributed by atoms with Gasteiger partial charge in [0.15, 0.2) is 0 Å². The third kappa shape index (κ3) is 2.56. The second kappa shape index (κ2) is 4.73. The van der Waals surface area contributed by atoms with Crippen LogP contribution in [0.1, 0.15) is 25.5 Å². The monoisotopic (exact) mass is 306 g/mol. The van der Waals surface area contributed by atoms with Gasteiger partial charge in [-0.25, -0.2) is 0 Å². The summed E-state index contributed by atoms with van der Waals surface area (Å²) in [6, 6.07) is 4.88. The zero-order chi connectivity index (χ0) is 12.5. The number of rotatable bonds is 3. The molecule has 3 nitrogen and oxygen atoms in total. The first-order valence-electron chi connectivity index (χ1n) is 4.63. The van der Waals surface area contributed by atoms with Crippen molar-refractivity contribution in [1.29, 1.82) is 0 Å². The fraction of sp³-hybridized carbons (Fsp3) is 0.364. The Hall–Kier alpha value is -0.580. The Morgan fingerprint density at radius 2 is 2.06 bits per heavy atom. The molecule has 0 radical (unpaired) electrons. The lowest BCUT2D eigenvalue weighted by Gasteiger charge is -2.26. The average molecular weight is 308 g/mol. The Balaban J connectivity index is 3.10. The van der Waals surface area contributed by atoms with Crippen molar-refractivity contribution in [3.05, 3.63) is 33.3 Å². The van der Waals surface area contributed by atoms with Crippen molar-refractivity contribution in [2.24, 2.45) is 5.41 Å². The molecule has 0 fully saturated rings. The summed E-state index contributed by atoms with van der Waals surface area (Å²) in [5.41, 5.74) is -0.766. The predicted octanol–water partition coefficient (Wildman–Crippen LogP) is 3.25. The maximum absolute atomic E-state index is 11.0. The van der Waals surface area contributed by atoms with E-state index in [9.17, 15) is 9.90 Å². The Kier molecular flexibility index (Phi) is 3.99. The number of benzene rings is 1. The molecular weight excluding hydrogens is 295 g/mol. The second-order valence-electron chi connectivity index (χ2n) is 4.10. The normalized spacial score (nSPS) is 13.6. The number of aliphatic carboxylic acids is 1. The molecule has 0 aromatic heterocycles. The summed E-state index contributed by atoms with van der Waals surface area (Å²) in [7, 11) is 0. The number of carboxylic acid groups (broad SMARTS) is 1. The van der Waals surface area contributed by atoms with Crippen LogP contribution in [0.25, 0.3) is 0 Å². The highest BCUT2D eigenvalue weighted by Gasteiger charge is 2.36. The van der Waals surface area contributed by atoms with Crippen molar-refractivity contribution in [3.8, 4) is 0 Å². The Morgan fingerprint density at radius 3 is 2.50 bits per heavy atom. The molecule has 16 heavy (non-hydrogen) atoms. The van der Waals surface area contributed by atoms with Gasteiger partial charge in [-0.2, -0.15) is 0 Å². The van der Waals surface area contributed by atoms with E-state index in [-0.39, 0.29) is 0 Å². The van der Waals surface area contributed by atoms with E-state index in [1.807, 2.05) is 0 Å². The van der Waals surface area contributed by atoms with Crippen LogP contribution in [0.15, 0.2) is 22.7 Å². The van der Waals surface area contributed by atoms with E-state index in [4.69, 9.17) is 16.7 Å². The third-order valence-electron chi connectivity index (χ3n) is 2.49. The van der Waals surface area contributed by atoms with Gasteiger partial charge in [0.1, 0.15) is 0 Å². The molecular formula is C11H12BrClO3. The molecule has 1 rings (SSSR count). The largest absolute Gasteiger partial charge is 0.481 e. The summed E-state index contributed by atoms with van der Waals surface area (Å²) in [6.45, 7) is 2.94. The minimum absolute atomic E-state index is 0.442. The standard InChI is InChI=1S/C11H12BrClO3/c1-11(2,10(15)16)9(14)6-3-4-7(12)8(13)5-6/h3-5,9,14H,1-2H3,(H,15,16). The predicted molar refractivity (Wildman–Crippen MR) is 65.5 cm³/mol. The van der Waals surface area contributed by atoms with Gasteiger partial charge < -0.3 is 10.2 Å². The van der Waals surface area contributed by atoms with E-state index in [0.29, 0.717) is 15.1 Å². The molecule has 0 bridgehead atoms. The summed E-state index contributed by atoms with van der Waals surface area (Å²) in [4.78, 5) is 11.0. The third-order valence-corrected chi connectivity index (χ3v) is 3.73. The average Bonchev–Trinajstić information content (AvgIpc) is 2.20. The van der Waals surface area contributed by atoms with Gasteiger partial charge in [-0.05, 0) is 47.5 Å². The van der Waals surface area contributed by atoms with Gasteiger partial charge in [0.2, 0.25) is 0 Å². The molecule has 0 saturated carbocycles. The van der Waals surface area contributed by atoms with Crippen molar-refractivity contribution in [2.45, 2.75) is 20.0 Å². The van der Waals surface area contributed by atoms with Gasteiger partial charge in [0, 0.05) is 4.47 Å². The fourth-order valence-electron chi connectivity index (χ4n) is 1.22. The maximum atomic E-state index is 11.0. The molecule has 0 spiro atoms. The zero-order valence-electron chi connectivity index (χ0n) is 8.87. The number of hydrogen-bond donors (Lipinski definition) is 2. The number of hydrogen-bond acceptors (Lipinski definition) is 2. The van der Waals surface area contributed by atoms with Crippen LogP contribution < -0.4 is 0 Å². The van der Waals surface area contributed by atoms with Crippen molar-refractivity contribution in [2.75, 3.05) is 0 Å². The van der Waals surface area contributed by atoms with Crippen LogP contribution in [0, 0.1) is 5.41 Å². The van der Waals surface area contributed by atoms with Crippen molar-refractivity contribution < 1.29 is 15.0 Å². The highest BCUT2D eigenvalue weighted by molar-refractivity contribution is 9.10. The van der Waals surface area contributed by atoms with Gasteiger partial charge in [-0.1, -0.05) is 17.7 Å². The Morgan fingerprint density at radius 1 is 1.50 bits per heavy atom. The van der Waals surface area contributed by atoms with Gasteiger partial charge in [0.05, 0.1) is 16.5 Å². The summed E-state index contributed by atoms with van der Waals surface area (Å²) in [5, 5.41) is 19.4. The SMILES string of the molecule is CC(C)(C(=O)O)C(O)c1ccc(Br)c(Cl)c1. The highest BCUT2D eigenvalue weighted by Crippen LogP contribution is 2.35. The Labute approximate surface area is 107 Å². The number of aliphatic hydroxyl groups excluding tert-OH is 1. The molecule has 88 valence electrons. The van der Waals surface area contributed by atoms with Crippen LogP contribution in [0.4, 0.5) is 0 Å². The van der Waals surface area contributed by atoms with E-state index in [2.05, 4.69) is 15.9 Å². The molecule has 1 aromatic rings. The number of aliphatic hydroxyl groups is 1. The smallest absolute Gasteiger partial charge is 0.312 e. The molecule has 1 atom stereocenters. The lowest BCUT2D eigenvalue weighted by Crippen LogP contribution is -2.31. The van der Waals surface area contributed by atoms with Crippen LogP contribution >= 0.6 is 27.5 Å². The van der Waals surface area contributed by atoms with Crippen LogP contribution in [0.5, 0.6) is 0 Å². The summed E-state index contributed by atoms with van der Waals surface area (Å²) < 4.78 is 0.707. The number of halogens is 2. The first-order chi connectivity index (χ1) is 7.26. The fourth-order valence-corrected chi connectivity index (χ4v) is 1.65. The Bertz CT molecular complexity index is 418. The summed E-state index contributed by atoms with van der Waals surface area (Å²) >= 11 is 9.11. The van der Waals surface area contributed by atoms with Crippen molar-refractivity contribution in [3.63, 3.8) is 0 Å². The van der Waals surface area contributed by atoms with Gasteiger partial charge in [-0.15, -0.1) is 0 Å². The lowest BCUT2D eigenvalue weighted by atomic mass is 9.83. The molecule has 1 unspecified atom stereocenters. The first kappa shape index (κ1) is 13.5. The van der Waals surface area contributed by atoms with Crippen LogP contribution in [0.2, 0.25) is 5.02 Å². The number of carbonyl (C=O) groups is 1. The topological polar surface area (TPSA) is 57.5 Å². The van der Waals surface area contributed by atoms with E-state index in [0.717, 1.165) is 0 Å².